The molecule has 0 aliphatic carbocycles. The third-order valence-electron chi connectivity index (χ3n) is 5.82. The molecule has 1 aromatic carbocycles. The Morgan fingerprint density at radius 3 is 2.25 bits per heavy atom. The second-order valence-electron chi connectivity index (χ2n) is 9.46. The molecule has 2 rings (SSSR count). The van der Waals surface area contributed by atoms with Crippen LogP contribution >= 0.6 is 0 Å². The first-order valence-corrected chi connectivity index (χ1v) is 11.5. The molecule has 32 heavy (non-hydrogen) atoms. The molecule has 0 saturated carbocycles. The number of Topliss-reactive ketones (excluding diaryl/α,β-unsaturated/α-hetero) is 1. The highest BCUT2D eigenvalue weighted by molar-refractivity contribution is 5.89. The van der Waals surface area contributed by atoms with Gasteiger partial charge in [-0.25, -0.2) is 0 Å². The van der Waals surface area contributed by atoms with Crippen LogP contribution in [0, 0.1) is 11.8 Å². The Kier molecular flexibility index (Phi) is 9.84. The molecule has 1 amide bonds. The van der Waals surface area contributed by atoms with Crippen LogP contribution in [0.5, 0.6) is 0 Å². The number of hydrogen-bond donors (Lipinski definition) is 2. The highest BCUT2D eigenvalue weighted by Gasteiger charge is 2.41. The monoisotopic (exact) mass is 446 g/mol. The second-order valence-corrected chi connectivity index (χ2v) is 9.46. The number of nitrogens with one attached hydrogen (secondary N) is 2. The normalized spacial score (nSPS) is 17.7. The molecule has 0 unspecified atom stereocenters. The van der Waals surface area contributed by atoms with Crippen molar-refractivity contribution in [1.82, 2.24) is 10.6 Å². The van der Waals surface area contributed by atoms with Crippen LogP contribution in [0.3, 0.4) is 0 Å². The number of carbonyl (C=O) groups excluding carboxylic acids is 3. The van der Waals surface area contributed by atoms with Crippen LogP contribution in [0.25, 0.3) is 0 Å². The molecule has 3 atom stereocenters. The number of esters is 1. The van der Waals surface area contributed by atoms with Crippen LogP contribution in [0.2, 0.25) is 0 Å². The topological polar surface area (TPSA) is 93.7 Å². The lowest BCUT2D eigenvalue weighted by Gasteiger charge is -2.43. The number of benzene rings is 1. The summed E-state index contributed by atoms with van der Waals surface area (Å²) in [6.07, 6.45) is 1.61. The molecule has 2 N–H and O–H groups in total. The van der Waals surface area contributed by atoms with Gasteiger partial charge in [-0.05, 0) is 38.2 Å². The molecular formula is C25H38N2O5. The summed E-state index contributed by atoms with van der Waals surface area (Å²) in [6.45, 7) is 10.6. The summed E-state index contributed by atoms with van der Waals surface area (Å²) in [7, 11) is 0. The zero-order valence-corrected chi connectivity index (χ0v) is 20.0. The lowest BCUT2D eigenvalue weighted by Crippen LogP contribution is -2.64. The number of rotatable bonds is 13. The Balaban J connectivity index is 1.79. The predicted molar refractivity (Wildman–Crippen MR) is 123 cm³/mol. The van der Waals surface area contributed by atoms with E-state index in [0.29, 0.717) is 32.0 Å². The van der Waals surface area contributed by atoms with E-state index in [1.807, 2.05) is 37.3 Å². The smallest absolute Gasteiger partial charge is 0.323 e. The van der Waals surface area contributed by atoms with Gasteiger partial charge in [0, 0.05) is 12.3 Å². The van der Waals surface area contributed by atoms with Crippen molar-refractivity contribution >= 4 is 17.7 Å². The molecule has 0 spiro atoms. The molecule has 0 aromatic heterocycles. The number of amides is 1. The van der Waals surface area contributed by atoms with Gasteiger partial charge in [-0.1, -0.05) is 51.1 Å². The van der Waals surface area contributed by atoms with Gasteiger partial charge in [-0.15, -0.1) is 0 Å². The van der Waals surface area contributed by atoms with Crippen LogP contribution in [-0.4, -0.2) is 48.5 Å². The lowest BCUT2D eigenvalue weighted by atomic mass is 9.88. The molecule has 7 nitrogen and oxygen atoms in total. The van der Waals surface area contributed by atoms with E-state index in [-0.39, 0.29) is 30.2 Å². The van der Waals surface area contributed by atoms with Crippen LogP contribution in [0.1, 0.15) is 59.4 Å². The summed E-state index contributed by atoms with van der Waals surface area (Å²) in [6, 6.07) is 8.46. The first-order chi connectivity index (χ1) is 15.1. The zero-order valence-electron chi connectivity index (χ0n) is 20.0. The first kappa shape index (κ1) is 26.0. The SMILES string of the molecule is CC(C)C[C@H](C)C(=O)N[C@@H](C)C(=O)CCC1(N[C@@H](C)C(=O)OCc2ccccc2)COC1. The Morgan fingerprint density at radius 2 is 1.69 bits per heavy atom. The van der Waals surface area contributed by atoms with Gasteiger partial charge in [-0.3, -0.25) is 19.7 Å². The molecular weight excluding hydrogens is 408 g/mol. The number of hydrogen-bond acceptors (Lipinski definition) is 6. The maximum absolute atomic E-state index is 12.6. The van der Waals surface area contributed by atoms with E-state index in [2.05, 4.69) is 24.5 Å². The molecule has 0 bridgehead atoms. The Hall–Kier alpha value is -2.25. The summed E-state index contributed by atoms with van der Waals surface area (Å²) in [5.41, 5.74) is 0.495. The molecule has 1 fully saturated rings. The summed E-state index contributed by atoms with van der Waals surface area (Å²) in [4.78, 5) is 37.3. The van der Waals surface area contributed by atoms with Crippen molar-refractivity contribution < 1.29 is 23.9 Å². The van der Waals surface area contributed by atoms with Gasteiger partial charge >= 0.3 is 5.97 Å². The van der Waals surface area contributed by atoms with Gasteiger partial charge < -0.3 is 14.8 Å². The predicted octanol–water partition coefficient (Wildman–Crippen LogP) is 3.01. The number of ketones is 1. The molecule has 1 aliphatic heterocycles. The van der Waals surface area contributed by atoms with E-state index in [0.717, 1.165) is 12.0 Å². The van der Waals surface area contributed by atoms with Crippen molar-refractivity contribution in [2.45, 2.75) is 78.1 Å². The molecule has 7 heteroatoms. The van der Waals surface area contributed by atoms with E-state index < -0.39 is 17.6 Å². The van der Waals surface area contributed by atoms with Gasteiger partial charge in [0.15, 0.2) is 5.78 Å². The van der Waals surface area contributed by atoms with Crippen LogP contribution < -0.4 is 10.6 Å². The first-order valence-electron chi connectivity index (χ1n) is 11.5. The molecule has 1 saturated heterocycles. The molecule has 1 aromatic rings. The van der Waals surface area contributed by atoms with E-state index in [4.69, 9.17) is 9.47 Å². The van der Waals surface area contributed by atoms with Gasteiger partial charge in [0.2, 0.25) is 5.91 Å². The molecule has 0 radical (unpaired) electrons. The second kappa shape index (κ2) is 12.1. The fourth-order valence-corrected chi connectivity index (χ4v) is 3.85. The average molecular weight is 447 g/mol. The van der Waals surface area contributed by atoms with E-state index in [9.17, 15) is 14.4 Å². The highest BCUT2D eigenvalue weighted by Crippen LogP contribution is 2.24. The number of ether oxygens (including phenoxy) is 2. The summed E-state index contributed by atoms with van der Waals surface area (Å²) in [5.74, 6) is -0.156. The standard InChI is InChI=1S/C25H38N2O5/c1-17(2)13-18(3)23(29)26-19(4)22(28)11-12-25(15-31-16-25)27-20(5)24(30)32-14-21-9-7-6-8-10-21/h6-10,17-20,27H,11-16H2,1-5H3,(H,26,29)/t18-,19-,20-/m0/s1. The van der Waals surface area contributed by atoms with Crippen molar-refractivity contribution in [1.29, 1.82) is 0 Å². The van der Waals surface area contributed by atoms with E-state index >= 15 is 0 Å². The van der Waals surface area contributed by atoms with E-state index in [1.165, 1.54) is 0 Å². The number of carbonyl (C=O) groups is 3. The lowest BCUT2D eigenvalue weighted by molar-refractivity contribution is -0.151. The highest BCUT2D eigenvalue weighted by atomic mass is 16.5. The van der Waals surface area contributed by atoms with Gasteiger partial charge in [0.1, 0.15) is 12.6 Å². The van der Waals surface area contributed by atoms with Crippen LogP contribution in [0.4, 0.5) is 0 Å². The fourth-order valence-electron chi connectivity index (χ4n) is 3.85. The minimum Gasteiger partial charge on any atom is -0.460 e. The maximum atomic E-state index is 12.6. The fraction of sp³-hybridized carbons (Fsp3) is 0.640. The Morgan fingerprint density at radius 1 is 1.03 bits per heavy atom. The molecule has 1 aliphatic rings. The van der Waals surface area contributed by atoms with Crippen LogP contribution in [-0.2, 0) is 30.5 Å². The van der Waals surface area contributed by atoms with E-state index in [1.54, 1.807) is 13.8 Å². The minimum absolute atomic E-state index is 0.0255. The summed E-state index contributed by atoms with van der Waals surface area (Å²) >= 11 is 0. The van der Waals surface area contributed by atoms with Gasteiger partial charge in [0.05, 0.1) is 24.8 Å². The molecule has 178 valence electrons. The van der Waals surface area contributed by atoms with Crippen molar-refractivity contribution in [2.24, 2.45) is 11.8 Å². The quantitative estimate of drug-likeness (QED) is 0.453. The third-order valence-corrected chi connectivity index (χ3v) is 5.82. The molecule has 1 heterocycles. The largest absolute Gasteiger partial charge is 0.460 e. The minimum atomic E-state index is -0.539. The Labute approximate surface area is 191 Å². The van der Waals surface area contributed by atoms with Crippen molar-refractivity contribution in [3.63, 3.8) is 0 Å². The van der Waals surface area contributed by atoms with Gasteiger partial charge in [0.25, 0.3) is 0 Å². The summed E-state index contributed by atoms with van der Waals surface area (Å²) < 4.78 is 10.8. The Bertz CT molecular complexity index is 761. The van der Waals surface area contributed by atoms with Crippen molar-refractivity contribution in [2.75, 3.05) is 13.2 Å². The van der Waals surface area contributed by atoms with Crippen molar-refractivity contribution in [3.8, 4) is 0 Å². The third kappa shape index (κ3) is 8.02. The average Bonchev–Trinajstić information content (AvgIpc) is 2.73. The van der Waals surface area contributed by atoms with Gasteiger partial charge in [-0.2, -0.15) is 0 Å². The van der Waals surface area contributed by atoms with Crippen molar-refractivity contribution in [3.05, 3.63) is 35.9 Å². The van der Waals surface area contributed by atoms with Crippen LogP contribution in [0.15, 0.2) is 30.3 Å². The maximum Gasteiger partial charge on any atom is 0.323 e. The summed E-state index contributed by atoms with van der Waals surface area (Å²) in [5, 5.41) is 6.14. The zero-order chi connectivity index (χ0) is 23.7.